The van der Waals surface area contributed by atoms with Gasteiger partial charge in [0.05, 0.1) is 16.4 Å². The molecule has 8 heteroatoms. The van der Waals surface area contributed by atoms with E-state index in [1.807, 2.05) is 19.9 Å². The van der Waals surface area contributed by atoms with Crippen molar-refractivity contribution in [2.24, 2.45) is 0 Å². The molecule has 180 valence electrons. The highest BCUT2D eigenvalue weighted by molar-refractivity contribution is 8.18. The van der Waals surface area contributed by atoms with E-state index in [0.29, 0.717) is 10.5 Å². The van der Waals surface area contributed by atoms with Gasteiger partial charge in [-0.1, -0.05) is 45.0 Å². The van der Waals surface area contributed by atoms with Crippen LogP contribution in [0, 0.1) is 24.0 Å². The molecule has 0 unspecified atom stereocenters. The summed E-state index contributed by atoms with van der Waals surface area (Å²) in [6.07, 6.45) is 1.75. The summed E-state index contributed by atoms with van der Waals surface area (Å²) < 4.78 is 2.13. The van der Waals surface area contributed by atoms with Crippen molar-refractivity contribution in [2.75, 3.05) is 0 Å². The Morgan fingerprint density at radius 3 is 2.34 bits per heavy atom. The number of amides is 2. The van der Waals surface area contributed by atoms with Crippen LogP contribution in [0.4, 0.5) is 10.5 Å². The molecule has 2 heterocycles. The molecule has 0 bridgehead atoms. The third-order valence-corrected chi connectivity index (χ3v) is 6.99. The highest BCUT2D eigenvalue weighted by atomic mass is 32.2. The van der Waals surface area contributed by atoms with Crippen LogP contribution in [-0.4, -0.2) is 25.5 Å². The summed E-state index contributed by atoms with van der Waals surface area (Å²) in [5.74, 6) is -0.397. The van der Waals surface area contributed by atoms with Gasteiger partial charge in [0, 0.05) is 29.2 Å². The first-order chi connectivity index (χ1) is 16.5. The lowest BCUT2D eigenvalue weighted by Crippen LogP contribution is -2.27. The maximum Gasteiger partial charge on any atom is 0.293 e. The van der Waals surface area contributed by atoms with Gasteiger partial charge in [-0.3, -0.25) is 24.6 Å². The van der Waals surface area contributed by atoms with Crippen LogP contribution in [0.1, 0.15) is 48.8 Å². The molecule has 0 radical (unpaired) electrons. The Kier molecular flexibility index (Phi) is 6.42. The largest absolute Gasteiger partial charge is 0.318 e. The van der Waals surface area contributed by atoms with Crippen molar-refractivity contribution in [1.82, 2.24) is 9.47 Å². The van der Waals surface area contributed by atoms with Crippen molar-refractivity contribution in [3.8, 4) is 5.69 Å². The van der Waals surface area contributed by atoms with Crippen LogP contribution in [0.5, 0.6) is 0 Å². The van der Waals surface area contributed by atoms with E-state index in [2.05, 4.69) is 49.6 Å². The summed E-state index contributed by atoms with van der Waals surface area (Å²) in [7, 11) is 0. The van der Waals surface area contributed by atoms with Gasteiger partial charge in [-0.25, -0.2) is 0 Å². The molecule has 1 aromatic heterocycles. The number of rotatable bonds is 5. The second-order valence-electron chi connectivity index (χ2n) is 9.65. The molecule has 1 saturated heterocycles. The number of nitro groups is 1. The van der Waals surface area contributed by atoms with E-state index in [9.17, 15) is 19.7 Å². The number of imide groups is 1. The van der Waals surface area contributed by atoms with Crippen LogP contribution in [0.15, 0.2) is 59.5 Å². The van der Waals surface area contributed by atoms with E-state index >= 15 is 0 Å². The molecule has 3 aromatic rings. The molecule has 1 aliphatic rings. The number of carbonyl (C=O) groups excluding carboxylic acids is 2. The van der Waals surface area contributed by atoms with Crippen molar-refractivity contribution < 1.29 is 14.5 Å². The normalized spacial score (nSPS) is 15.3. The minimum Gasteiger partial charge on any atom is -0.318 e. The molecule has 7 nitrogen and oxygen atoms in total. The number of thioether (sulfide) groups is 1. The first kappa shape index (κ1) is 24.5. The van der Waals surface area contributed by atoms with E-state index < -0.39 is 10.8 Å². The molecule has 0 spiro atoms. The summed E-state index contributed by atoms with van der Waals surface area (Å²) in [6.45, 7) is 10.5. The summed E-state index contributed by atoms with van der Waals surface area (Å²) in [5.41, 5.74) is 5.66. The third kappa shape index (κ3) is 4.93. The number of aryl methyl sites for hydroxylation is 1. The number of nitro benzene ring substituents is 1. The van der Waals surface area contributed by atoms with Gasteiger partial charge in [-0.2, -0.15) is 0 Å². The van der Waals surface area contributed by atoms with Gasteiger partial charge >= 0.3 is 0 Å². The number of nitrogens with zero attached hydrogens (tertiary/aromatic N) is 3. The van der Waals surface area contributed by atoms with Crippen LogP contribution in [0.25, 0.3) is 11.8 Å². The minimum absolute atomic E-state index is 0.0111. The van der Waals surface area contributed by atoms with Crippen molar-refractivity contribution in [3.05, 3.63) is 97.7 Å². The van der Waals surface area contributed by atoms with Crippen molar-refractivity contribution >= 4 is 34.7 Å². The number of carbonyl (C=O) groups is 2. The predicted octanol–water partition coefficient (Wildman–Crippen LogP) is 6.54. The smallest absolute Gasteiger partial charge is 0.293 e. The number of hydrogen-bond donors (Lipinski definition) is 0. The zero-order valence-corrected chi connectivity index (χ0v) is 21.2. The van der Waals surface area contributed by atoms with Gasteiger partial charge in [-0.15, -0.1) is 0 Å². The molecule has 0 atom stereocenters. The molecule has 0 aliphatic carbocycles. The Bertz CT molecular complexity index is 1360. The van der Waals surface area contributed by atoms with Crippen molar-refractivity contribution in [3.63, 3.8) is 0 Å². The average molecular weight is 490 g/mol. The molecule has 35 heavy (non-hydrogen) atoms. The Labute approximate surface area is 208 Å². The first-order valence-corrected chi connectivity index (χ1v) is 12.1. The van der Waals surface area contributed by atoms with E-state index in [1.54, 1.807) is 18.2 Å². The van der Waals surface area contributed by atoms with E-state index in [1.165, 1.54) is 17.7 Å². The lowest BCUT2D eigenvalue weighted by atomic mass is 9.87. The van der Waals surface area contributed by atoms with Crippen LogP contribution in [0.2, 0.25) is 0 Å². The summed E-state index contributed by atoms with van der Waals surface area (Å²) in [4.78, 5) is 37.6. The number of aromatic nitrogens is 1. The number of hydrogen-bond acceptors (Lipinski definition) is 5. The zero-order valence-electron chi connectivity index (χ0n) is 20.4. The van der Waals surface area contributed by atoms with Crippen LogP contribution in [-0.2, 0) is 16.8 Å². The Hall–Kier alpha value is -3.65. The lowest BCUT2D eigenvalue weighted by Gasteiger charge is -2.20. The molecular formula is C27H27N3O4S. The average Bonchev–Trinajstić information content (AvgIpc) is 3.22. The van der Waals surface area contributed by atoms with Crippen LogP contribution in [0.3, 0.4) is 0 Å². The van der Waals surface area contributed by atoms with E-state index in [4.69, 9.17) is 0 Å². The molecule has 4 rings (SSSR count). The van der Waals surface area contributed by atoms with Gasteiger partial charge in [0.25, 0.3) is 16.8 Å². The van der Waals surface area contributed by atoms with Crippen LogP contribution >= 0.6 is 11.8 Å². The fourth-order valence-corrected chi connectivity index (χ4v) is 5.00. The lowest BCUT2D eigenvalue weighted by molar-refractivity contribution is -0.384. The van der Waals surface area contributed by atoms with Gasteiger partial charge in [0.15, 0.2) is 0 Å². The monoisotopic (exact) mass is 489 g/mol. The molecule has 2 amide bonds. The van der Waals surface area contributed by atoms with Crippen molar-refractivity contribution in [1.29, 1.82) is 0 Å². The Morgan fingerprint density at radius 2 is 1.71 bits per heavy atom. The van der Waals surface area contributed by atoms with Gasteiger partial charge < -0.3 is 4.57 Å². The van der Waals surface area contributed by atoms with Crippen LogP contribution < -0.4 is 0 Å². The minimum atomic E-state index is -0.496. The molecule has 1 aliphatic heterocycles. The summed E-state index contributed by atoms with van der Waals surface area (Å²) in [5, 5.41) is 10.7. The highest BCUT2D eigenvalue weighted by Gasteiger charge is 2.35. The van der Waals surface area contributed by atoms with Gasteiger partial charge in [0.1, 0.15) is 0 Å². The van der Waals surface area contributed by atoms with E-state index in [0.717, 1.165) is 39.3 Å². The number of non-ortho nitro benzene ring substituents is 1. The molecule has 0 N–H and O–H groups in total. The third-order valence-electron chi connectivity index (χ3n) is 6.08. The Morgan fingerprint density at radius 1 is 1.03 bits per heavy atom. The Balaban J connectivity index is 1.60. The summed E-state index contributed by atoms with van der Waals surface area (Å²) >= 11 is 0.886. The zero-order chi connectivity index (χ0) is 25.5. The fourth-order valence-electron chi connectivity index (χ4n) is 4.17. The standard InChI is InChI=1S/C27H27N3O4S/c1-17-13-20(18(2)29(17)22-11-9-21(10-12-22)27(3,4)5)15-24-25(31)28(26(32)35-24)16-19-7-6-8-23(14-19)30(33)34/h6-15H,16H2,1-5H3/b24-15-. The maximum absolute atomic E-state index is 13.0. The van der Waals surface area contributed by atoms with E-state index in [-0.39, 0.29) is 22.9 Å². The molecule has 1 fully saturated rings. The molecule has 2 aromatic carbocycles. The fraction of sp³-hybridized carbons (Fsp3) is 0.259. The second-order valence-corrected chi connectivity index (χ2v) is 10.6. The molecular weight excluding hydrogens is 462 g/mol. The first-order valence-electron chi connectivity index (χ1n) is 11.2. The maximum atomic E-state index is 13.0. The molecule has 0 saturated carbocycles. The highest BCUT2D eigenvalue weighted by Crippen LogP contribution is 2.35. The van der Waals surface area contributed by atoms with Gasteiger partial charge in [-0.05, 0) is 72.0 Å². The van der Waals surface area contributed by atoms with Crippen molar-refractivity contribution in [2.45, 2.75) is 46.6 Å². The predicted molar refractivity (Wildman–Crippen MR) is 139 cm³/mol. The number of benzene rings is 2. The van der Waals surface area contributed by atoms with Gasteiger partial charge in [0.2, 0.25) is 0 Å². The topological polar surface area (TPSA) is 85.5 Å². The second kappa shape index (κ2) is 9.19. The SMILES string of the molecule is Cc1cc(/C=C2\SC(=O)N(Cc3cccc([N+](=O)[O-])c3)C2=O)c(C)n1-c1ccc(C(C)(C)C)cc1. The quantitative estimate of drug-likeness (QED) is 0.231. The summed E-state index contributed by atoms with van der Waals surface area (Å²) in [6, 6.07) is 16.4.